The third-order valence-corrected chi connectivity index (χ3v) is 13.3. The molecule has 11 atom stereocenters. The molecule has 0 saturated carbocycles. The van der Waals surface area contributed by atoms with Gasteiger partial charge in [-0.05, 0) is 6.92 Å². The lowest BCUT2D eigenvalue weighted by Crippen LogP contribution is -2.47. The SMILES string of the molecule is COC1[C@@H](O)[C@@H](COP(=O)([O-])OP([O-])(=S)OP(=O)([O-])OC[C@H]2O[C@@H](n3cnc4c(=O)[nH]c(C)nc43)C(O)[C@H]2O)O[C@H]1[n+]1cn(C)c2c(=O)[nH]c(N)nc21. The number of hydrogen-bond donors (Lipinski definition) is 6. The Morgan fingerprint density at radius 1 is 1.00 bits per heavy atom. The molecule has 0 aromatic carbocycles. The van der Waals surface area contributed by atoms with Crippen molar-refractivity contribution >= 4 is 62.4 Å². The average Bonchev–Trinajstić information content (AvgIpc) is 3.77. The number of imidazole rings is 2. The number of phosphoric ester groups is 2. The number of aliphatic hydroxyl groups excluding tert-OH is 3. The third-order valence-electron chi connectivity index (χ3n) is 8.00. The van der Waals surface area contributed by atoms with Gasteiger partial charge in [-0.15, -0.1) is 0 Å². The van der Waals surface area contributed by atoms with Crippen molar-refractivity contribution in [2.75, 3.05) is 26.1 Å². The number of H-pyrrole nitrogens is 2. The molecular weight excluding hydrogens is 799 g/mol. The number of aryl methyl sites for hydroxylation is 2. The van der Waals surface area contributed by atoms with E-state index in [1.165, 1.54) is 36.5 Å². The fourth-order valence-corrected chi connectivity index (χ4v) is 10.6. The summed E-state index contributed by atoms with van der Waals surface area (Å²) >= 11 is 4.42. The van der Waals surface area contributed by atoms with E-state index >= 15 is 0 Å². The third kappa shape index (κ3) is 8.08. The first kappa shape index (κ1) is 39.8. The number of nitrogens with zero attached hydrogens (tertiary/aromatic N) is 6. The Kier molecular flexibility index (Phi) is 11.0. The largest absolute Gasteiger partial charge is 0.779 e. The van der Waals surface area contributed by atoms with E-state index in [1.54, 1.807) is 0 Å². The zero-order valence-corrected chi connectivity index (χ0v) is 30.8. The molecule has 0 aliphatic carbocycles. The molecular formula is C23H30N9O17P3S-2. The number of ether oxygens (including phenoxy) is 3. The zero-order valence-electron chi connectivity index (χ0n) is 27.3. The van der Waals surface area contributed by atoms with Crippen molar-refractivity contribution in [1.29, 1.82) is 0 Å². The highest BCUT2D eigenvalue weighted by atomic mass is 32.5. The van der Waals surface area contributed by atoms with E-state index in [0.29, 0.717) is 0 Å². The smallest absolute Gasteiger partial charge is 0.313 e. The maximum Gasteiger partial charge on any atom is 0.313 e. The highest BCUT2D eigenvalue weighted by Gasteiger charge is 2.49. The van der Waals surface area contributed by atoms with Crippen LogP contribution < -0.4 is 36.1 Å². The standard InChI is InChI=1S/C23H32N9O17P3S/c1-8-26-17-11(19(36)27-8)25-6-31(17)21-15(35)13(33)9(46-21)4-44-50(38,39)48-52(42,53)49-51(40,41)45-5-10-14(34)16(43-3)22(47-10)32-7-30(2)12-18(32)28-23(24)29-20(12)37/h6-7,9-10,13-16,21-22,33-35H,4-5H2,1-3H3,(H6-,24,26,27,28,29,36,37,38,39,40,41,42,53)/p-2/t9-,10-,13+,14+,15?,16?,21-,22-,52?/m1/s1. The van der Waals surface area contributed by atoms with E-state index in [1.807, 2.05) is 0 Å². The highest BCUT2D eigenvalue weighted by Crippen LogP contribution is 2.63. The number of aromatic nitrogens is 8. The van der Waals surface area contributed by atoms with Gasteiger partial charge in [0.1, 0.15) is 49.2 Å². The summed E-state index contributed by atoms with van der Waals surface area (Å²) in [5, 5.41) is 31.9. The van der Waals surface area contributed by atoms with Crippen LogP contribution in [0.1, 0.15) is 18.3 Å². The second-order valence-electron chi connectivity index (χ2n) is 11.6. The van der Waals surface area contributed by atoms with Crippen molar-refractivity contribution in [3.63, 3.8) is 0 Å². The van der Waals surface area contributed by atoms with Gasteiger partial charge in [0, 0.05) is 7.11 Å². The fourth-order valence-electron chi connectivity index (χ4n) is 5.75. The van der Waals surface area contributed by atoms with Crippen molar-refractivity contribution in [3.05, 3.63) is 39.2 Å². The summed E-state index contributed by atoms with van der Waals surface area (Å²) in [6.07, 6.45) is -9.48. The molecule has 2 fully saturated rings. The molecule has 0 amide bonds. The normalized spacial score (nSPS) is 29.8. The minimum Gasteiger partial charge on any atom is -0.779 e. The predicted octanol–water partition coefficient (Wildman–Crippen LogP) is -4.95. The molecule has 2 aliphatic heterocycles. The van der Waals surface area contributed by atoms with Crippen molar-refractivity contribution in [2.45, 2.75) is 56.0 Å². The summed E-state index contributed by atoms with van der Waals surface area (Å²) in [6.45, 7) is -6.10. The zero-order chi connectivity index (χ0) is 38.8. The summed E-state index contributed by atoms with van der Waals surface area (Å²) in [5.74, 6) is -0.0328. The summed E-state index contributed by atoms with van der Waals surface area (Å²) in [4.78, 5) is 79.2. The average molecular weight is 830 g/mol. The molecule has 6 rings (SSSR count). The second kappa shape index (κ2) is 14.6. The number of nitrogens with two attached hydrogens (primary N) is 1. The van der Waals surface area contributed by atoms with Gasteiger partial charge in [-0.3, -0.25) is 41.5 Å². The Bertz CT molecular complexity index is 2300. The van der Waals surface area contributed by atoms with Gasteiger partial charge in [0.15, 0.2) is 23.7 Å². The van der Waals surface area contributed by atoms with Gasteiger partial charge in [0.25, 0.3) is 32.7 Å². The maximum absolute atomic E-state index is 12.7. The van der Waals surface area contributed by atoms with Crippen molar-refractivity contribution < 1.29 is 75.6 Å². The van der Waals surface area contributed by atoms with E-state index in [9.17, 15) is 48.7 Å². The topological polar surface area (TPSA) is 373 Å². The molecule has 0 radical (unpaired) electrons. The Labute approximate surface area is 300 Å². The first-order valence-electron chi connectivity index (χ1n) is 14.9. The summed E-state index contributed by atoms with van der Waals surface area (Å²) in [7, 11) is -8.84. The summed E-state index contributed by atoms with van der Waals surface area (Å²) in [5.41, 5.74) is 4.47. The Morgan fingerprint density at radius 3 is 2.25 bits per heavy atom. The van der Waals surface area contributed by atoms with Crippen LogP contribution >= 0.6 is 22.4 Å². The van der Waals surface area contributed by atoms with Gasteiger partial charge in [-0.25, -0.2) is 14.5 Å². The molecule has 0 spiro atoms. The predicted molar refractivity (Wildman–Crippen MR) is 169 cm³/mol. The highest BCUT2D eigenvalue weighted by molar-refractivity contribution is 8.09. The van der Waals surface area contributed by atoms with Crippen LogP contribution in [0.2, 0.25) is 0 Å². The van der Waals surface area contributed by atoms with Gasteiger partial charge >= 0.3 is 5.65 Å². The number of anilines is 1. The van der Waals surface area contributed by atoms with Crippen LogP contribution in [0.15, 0.2) is 22.2 Å². The molecule has 26 nitrogen and oxygen atoms in total. The number of methoxy groups -OCH3 is 1. The van der Waals surface area contributed by atoms with Crippen LogP contribution in [0.4, 0.5) is 5.95 Å². The summed E-state index contributed by atoms with van der Waals surface area (Å²) < 4.78 is 63.1. The van der Waals surface area contributed by atoms with Crippen LogP contribution in [0, 0.1) is 6.92 Å². The molecule has 5 unspecified atom stereocenters. The first-order valence-corrected chi connectivity index (χ1v) is 20.4. The summed E-state index contributed by atoms with van der Waals surface area (Å²) in [6, 6.07) is 0. The molecule has 53 heavy (non-hydrogen) atoms. The van der Waals surface area contributed by atoms with E-state index in [4.69, 9.17) is 19.9 Å². The lowest BCUT2D eigenvalue weighted by molar-refractivity contribution is -0.746. The molecule has 2 saturated heterocycles. The molecule has 2 aliphatic rings. The quantitative estimate of drug-likeness (QED) is 0.0543. The molecule has 7 N–H and O–H groups in total. The number of phosphoric acid groups is 2. The fraction of sp³-hybridized carbons (Fsp3) is 0.565. The molecule has 30 heteroatoms. The number of hydrogen-bond acceptors (Lipinski definition) is 22. The minimum atomic E-state index is -5.79. The van der Waals surface area contributed by atoms with Gasteiger partial charge in [-0.1, -0.05) is 16.8 Å². The minimum absolute atomic E-state index is 0.0212. The van der Waals surface area contributed by atoms with Crippen LogP contribution in [0.5, 0.6) is 0 Å². The van der Waals surface area contributed by atoms with Crippen LogP contribution in [-0.2, 0) is 59.9 Å². The number of fused-ring (bicyclic) bond motifs is 2. The molecule has 4 aromatic rings. The van der Waals surface area contributed by atoms with Gasteiger partial charge in [0.2, 0.25) is 11.7 Å². The van der Waals surface area contributed by atoms with Gasteiger partial charge < -0.3 is 64.0 Å². The lowest BCUT2D eigenvalue weighted by atomic mass is 10.1. The molecule has 4 aromatic heterocycles. The van der Waals surface area contributed by atoms with E-state index in [-0.39, 0.29) is 34.1 Å². The van der Waals surface area contributed by atoms with E-state index in [0.717, 1.165) is 10.9 Å². The van der Waals surface area contributed by atoms with Crippen molar-refractivity contribution in [1.82, 2.24) is 34.1 Å². The van der Waals surface area contributed by atoms with E-state index in [2.05, 4.69) is 54.4 Å². The number of nitrogens with one attached hydrogen (secondary N) is 2. The van der Waals surface area contributed by atoms with Crippen LogP contribution in [0.3, 0.4) is 0 Å². The molecule has 0 bridgehead atoms. The van der Waals surface area contributed by atoms with Crippen molar-refractivity contribution in [2.24, 2.45) is 7.05 Å². The van der Waals surface area contributed by atoms with Gasteiger partial charge in [0.05, 0.1) is 26.6 Å². The second-order valence-corrected chi connectivity index (χ2v) is 17.5. The Hall–Kier alpha value is -2.91. The van der Waals surface area contributed by atoms with Crippen LogP contribution in [-0.4, -0.2) is 106 Å². The molecule has 6 heterocycles. The number of aromatic amines is 2. The Morgan fingerprint density at radius 2 is 1.62 bits per heavy atom. The number of nitrogen functional groups attached to an aromatic ring is 1. The van der Waals surface area contributed by atoms with Gasteiger partial charge in [-0.2, -0.15) is 0 Å². The monoisotopic (exact) mass is 829 g/mol. The van der Waals surface area contributed by atoms with Crippen molar-refractivity contribution in [3.8, 4) is 0 Å². The molecule has 292 valence electrons. The number of aliphatic hydroxyl groups is 3. The van der Waals surface area contributed by atoms with E-state index < -0.39 is 95.8 Å². The first-order chi connectivity index (χ1) is 24.7. The maximum atomic E-state index is 12.7. The lowest BCUT2D eigenvalue weighted by Gasteiger charge is -2.37. The Balaban J connectivity index is 1.06. The number of rotatable bonds is 13. The van der Waals surface area contributed by atoms with Crippen LogP contribution in [0.25, 0.3) is 22.3 Å².